The highest BCUT2D eigenvalue weighted by atomic mass is 35.5. The van der Waals surface area contributed by atoms with Gasteiger partial charge >= 0.3 is 5.97 Å². The molecule has 8 heterocycles. The van der Waals surface area contributed by atoms with E-state index in [4.69, 9.17) is 51.2 Å². The molecule has 9 aliphatic rings. The largest absolute Gasteiger partial charge is 0.453 e. The van der Waals surface area contributed by atoms with Crippen molar-refractivity contribution in [3.8, 4) is 95.2 Å². The monoisotopic (exact) mass is 1840 g/mol. The molecule has 0 unspecified atom stereocenters. The Morgan fingerprint density at radius 1 is 0.504 bits per heavy atom. The molecule has 0 spiro atoms. The smallest absolute Gasteiger partial charge is 0.338 e. The van der Waals surface area contributed by atoms with Gasteiger partial charge in [-0.3, -0.25) is 9.80 Å². The Kier molecular flexibility index (Phi) is 48.3. The number of halogens is 1. The molecule has 736 valence electrons. The number of esters is 1. The molecule has 2 aromatic rings. The summed E-state index contributed by atoms with van der Waals surface area (Å²) in [6, 6.07) is 15.4. The van der Waals surface area contributed by atoms with Crippen LogP contribution in [0.1, 0.15) is 321 Å². The molecule has 1 saturated carbocycles. The van der Waals surface area contributed by atoms with E-state index >= 15 is 0 Å². The van der Waals surface area contributed by atoms with E-state index in [1.165, 1.54) is 49.9 Å². The van der Waals surface area contributed by atoms with Crippen LogP contribution in [0.15, 0.2) is 59.6 Å². The number of hydrogen-bond donors (Lipinski definition) is 7. The highest BCUT2D eigenvalue weighted by molar-refractivity contribution is 6.30. The Balaban J connectivity index is 0.000000502. The minimum absolute atomic E-state index is 0.0122. The Morgan fingerprint density at radius 2 is 0.924 bits per heavy atom. The Morgan fingerprint density at radius 3 is 1.33 bits per heavy atom. The van der Waals surface area contributed by atoms with Crippen LogP contribution in [0, 0.1) is 155 Å². The first-order chi connectivity index (χ1) is 59.5. The zero-order chi connectivity index (χ0) is 100. The summed E-state index contributed by atoms with van der Waals surface area (Å²) < 4.78 is 37.6. The summed E-state index contributed by atoms with van der Waals surface area (Å²) in [6.07, 6.45) is 14.1. The maximum atomic E-state index is 12.2. The van der Waals surface area contributed by atoms with Crippen LogP contribution in [0.5, 0.6) is 0 Å². The van der Waals surface area contributed by atoms with Gasteiger partial charge in [0, 0.05) is 73.5 Å². The van der Waals surface area contributed by atoms with Crippen molar-refractivity contribution >= 4 is 17.6 Å². The van der Waals surface area contributed by atoms with Gasteiger partial charge in [0.2, 0.25) is 0 Å². The van der Waals surface area contributed by atoms with Crippen LogP contribution in [0.2, 0.25) is 0 Å². The van der Waals surface area contributed by atoms with E-state index in [2.05, 4.69) is 247 Å². The molecule has 0 bridgehead atoms. The minimum atomic E-state index is -1.37. The molecule has 0 amide bonds. The first-order valence-electron chi connectivity index (χ1n) is 47.6. The van der Waals surface area contributed by atoms with Gasteiger partial charge in [-0.15, -0.1) is 12.3 Å². The number of fused-ring (bicyclic) bond motifs is 3. The number of nitrogens with one attached hydrogen (secondary N) is 1. The third kappa shape index (κ3) is 56.2. The molecule has 7 saturated heterocycles. The van der Waals surface area contributed by atoms with E-state index in [1.807, 2.05) is 116 Å². The molecule has 17 nitrogen and oxygen atoms in total. The maximum absolute atomic E-state index is 12.2. The lowest BCUT2D eigenvalue weighted by molar-refractivity contribution is -0.141. The molecule has 2 aromatic carbocycles. The third-order valence-electron chi connectivity index (χ3n) is 19.9. The van der Waals surface area contributed by atoms with Crippen molar-refractivity contribution in [2.45, 2.75) is 371 Å². The molecule has 0 radical (unpaired) electrons. The van der Waals surface area contributed by atoms with Crippen molar-refractivity contribution in [1.29, 1.82) is 0 Å². The number of ether oxygens (including phenoxy) is 7. The summed E-state index contributed by atoms with van der Waals surface area (Å²) in [6.45, 7) is 84.2. The number of rotatable bonds is 6. The summed E-state index contributed by atoms with van der Waals surface area (Å²) in [5.74, 6) is 45.3. The summed E-state index contributed by atoms with van der Waals surface area (Å²) in [5.41, 5.74) is 0.473. The molecular formula is C113H178ClN3O14. The van der Waals surface area contributed by atoms with Crippen LogP contribution in [-0.4, -0.2) is 210 Å². The molecule has 131 heavy (non-hydrogen) atoms. The van der Waals surface area contributed by atoms with Crippen LogP contribution in [0.25, 0.3) is 0 Å². The Labute approximate surface area is 803 Å². The number of aliphatic hydroxyl groups is 6. The molecule has 1 aliphatic carbocycles. The van der Waals surface area contributed by atoms with E-state index in [-0.39, 0.29) is 75.2 Å². The molecule has 7 N–H and O–H groups in total. The normalized spacial score (nSPS) is 23.1. The van der Waals surface area contributed by atoms with Gasteiger partial charge in [-0.2, -0.15) is 0 Å². The number of benzene rings is 2. The lowest BCUT2D eigenvalue weighted by Crippen LogP contribution is -2.48. The van der Waals surface area contributed by atoms with Crippen LogP contribution < -0.4 is 5.32 Å². The van der Waals surface area contributed by atoms with Crippen molar-refractivity contribution in [3.05, 3.63) is 81.9 Å². The number of carbonyl (C=O) groups excluding carboxylic acids is 1. The fourth-order valence-corrected chi connectivity index (χ4v) is 12.7. The van der Waals surface area contributed by atoms with Crippen LogP contribution in [0.3, 0.4) is 0 Å². The van der Waals surface area contributed by atoms with Crippen molar-refractivity contribution in [3.63, 3.8) is 0 Å². The first kappa shape index (κ1) is 121. The van der Waals surface area contributed by atoms with Gasteiger partial charge in [0.25, 0.3) is 0 Å². The van der Waals surface area contributed by atoms with Crippen molar-refractivity contribution < 1.29 is 68.6 Å². The number of morpholine rings is 1. The quantitative estimate of drug-likeness (QED) is 0.106. The van der Waals surface area contributed by atoms with Gasteiger partial charge in [-0.05, 0) is 309 Å². The lowest BCUT2D eigenvalue weighted by atomic mass is 9.81. The number of aliphatic hydroxyl groups excluding tert-OH is 1. The summed E-state index contributed by atoms with van der Waals surface area (Å²) in [5, 5.41) is 63.3. The van der Waals surface area contributed by atoms with Gasteiger partial charge in [-0.1, -0.05) is 187 Å². The number of allylic oxidation sites excluding steroid dienone is 1. The van der Waals surface area contributed by atoms with Crippen LogP contribution in [0.4, 0.5) is 0 Å². The van der Waals surface area contributed by atoms with Crippen LogP contribution >= 0.6 is 11.6 Å². The van der Waals surface area contributed by atoms with Crippen LogP contribution in [-0.2, 0) is 46.1 Å². The SMILES string of the molecule is C#CC(C)(C)C.CC(C)(C)/C=C(\Cl)C(C)(C)O.CC(C)(C)C#CC1(O)CCCC1.CC(C)(C)C#CC1(O)COC1.CC(C)(C)C#CCN1CCCC1.CC(C)(C)C#CCN1CCOCC1.CC(C)(C)C#C[C@@]1(O)CO[C@@H]2[C@@H](O)CO[C@@H]21.CC(C)(C)C#C[C@@]1(O)CO[C@@H]2[C@@H](OC(=O)c3ccccc3)CO[C@@H]21.CC(C)(C)C#Cc1ccc2c(c1)CNCC2.CC(C)(C)CCC(C)(C)C. The van der Waals surface area contributed by atoms with Gasteiger partial charge in [-0.25, -0.2) is 4.79 Å². The summed E-state index contributed by atoms with van der Waals surface area (Å²) in [7, 11) is 0. The van der Waals surface area contributed by atoms with Gasteiger partial charge in [0.15, 0.2) is 22.9 Å². The average Bonchev–Trinajstić information content (AvgIpc) is 1.62. The number of carbonyl (C=O) groups is 1. The second-order valence-electron chi connectivity index (χ2n) is 48.4. The van der Waals surface area contributed by atoms with Gasteiger partial charge < -0.3 is 69.1 Å². The molecular weight excluding hydrogens is 1660 g/mol. The average molecular weight is 1840 g/mol. The highest BCUT2D eigenvalue weighted by Crippen LogP contribution is 2.38. The first-order valence-corrected chi connectivity index (χ1v) is 47.9. The van der Waals surface area contributed by atoms with Crippen molar-refractivity contribution in [2.24, 2.45) is 59.6 Å². The lowest BCUT2D eigenvalue weighted by Gasteiger charge is -2.31. The molecule has 18 heteroatoms. The molecule has 0 aromatic heterocycles. The Bertz CT molecular complexity index is 4320. The molecule has 8 aliphatic heterocycles. The second kappa shape index (κ2) is 52.4. The Hall–Kier alpha value is -6.18. The zero-order valence-corrected chi connectivity index (χ0v) is 88.9. The highest BCUT2D eigenvalue weighted by Gasteiger charge is 2.58. The van der Waals surface area contributed by atoms with E-state index in [1.54, 1.807) is 38.1 Å². The fourth-order valence-electron chi connectivity index (χ4n) is 12.4. The summed E-state index contributed by atoms with van der Waals surface area (Å²) >= 11 is 5.85. The number of likely N-dealkylation sites (tertiary alicyclic amines) is 1. The zero-order valence-electron chi connectivity index (χ0n) is 88.1. The van der Waals surface area contributed by atoms with Gasteiger partial charge in [0.05, 0.1) is 77.1 Å². The van der Waals surface area contributed by atoms with E-state index in [0.717, 1.165) is 90.1 Å². The number of terminal acetylenes is 1. The summed E-state index contributed by atoms with van der Waals surface area (Å²) in [4.78, 5) is 16.9. The standard InChI is InChI=1S/C19H22O5.C15H19N.C12H18O4.C11H19NO.C11H19N.C11H18O.C10H22.C9H17ClO.C9H14O2.C6H10/c1-18(2,3)9-10-19(21)12-23-15-14(11-22-16(15)19)24-17(20)13-7-5-4-6-8-13;1-15(2,3)8-6-12-4-5-13-7-9-16-11-14(13)10-12;1-11(2,3)4-5-12(14)7-16-9-8(13)6-15-10(9)12;1-11(2,3)5-4-6-12-7-9-13-10-8-12;1-11(2,3)7-6-10-12-8-4-5-9-12;1-10(2,3)8-9-11(12)6-4-5-7-11;1-9(2,3)7-8-10(4,5)6;1-8(2,3)6-7(10)9(4,5)11;1-8(2,3)4-5-9(10)6-11-7-9;1-5-6(2,3)4/h4-8,14-16,21H,11-12H2,1-3H3;4-5,10,16H,7,9,11H2,1-3H3;8-10,13-14H,6-7H2,1-3H3;6-10H2,1-3H3;4-5,8-10H2,1-3H3;12H,4-7H2,1-3H3;7-8H2,1-6H3;6,11H,1-5H3;10H,6-7H2,1-3H3;1H,2-4H3/b;;;;;;;7-6-;;/t14-,15+,16-,19+;;8-,9+,10-,12+;;;;;;;/m0.0......./s1. The predicted octanol–water partition coefficient (Wildman–Crippen LogP) is 19.5. The minimum Gasteiger partial charge on any atom is -0.453 e. The molecule has 8 fully saturated rings. The van der Waals surface area contributed by atoms with E-state index in [9.17, 15) is 35.4 Å². The topological polar surface area (TPSA) is 222 Å². The third-order valence-corrected chi connectivity index (χ3v) is 20.5. The second-order valence-corrected chi connectivity index (χ2v) is 48.8. The van der Waals surface area contributed by atoms with Crippen molar-refractivity contribution in [1.82, 2.24) is 15.1 Å². The van der Waals surface area contributed by atoms with Crippen molar-refractivity contribution in [2.75, 3.05) is 98.7 Å². The fraction of sp³-hybridized carbons (Fsp3) is 0.726. The van der Waals surface area contributed by atoms with Gasteiger partial charge in [0.1, 0.15) is 36.1 Å². The number of hydrogen-bond acceptors (Lipinski definition) is 17. The predicted molar refractivity (Wildman–Crippen MR) is 540 cm³/mol. The maximum Gasteiger partial charge on any atom is 0.338 e. The van der Waals surface area contributed by atoms with E-state index < -0.39 is 70.6 Å². The van der Waals surface area contributed by atoms with E-state index in [0.29, 0.717) is 34.6 Å². The number of nitrogens with zero attached hydrogens (tertiary/aromatic N) is 2. The molecule has 11 rings (SSSR count). The molecule has 8 atom stereocenters.